The Morgan fingerprint density at radius 2 is 2.10 bits per heavy atom. The summed E-state index contributed by atoms with van der Waals surface area (Å²) >= 11 is 3.48. The summed E-state index contributed by atoms with van der Waals surface area (Å²) in [7, 11) is 0. The van der Waals surface area contributed by atoms with Crippen molar-refractivity contribution in [3.63, 3.8) is 0 Å². The molecule has 2 heterocycles. The van der Waals surface area contributed by atoms with Gasteiger partial charge in [0.2, 0.25) is 0 Å². The average Bonchev–Trinajstić information content (AvgIpc) is 3.04. The molecule has 0 aliphatic rings. The minimum absolute atomic E-state index is 0.131. The summed E-state index contributed by atoms with van der Waals surface area (Å²) in [5, 5.41) is 7.00. The van der Waals surface area contributed by atoms with E-state index in [4.69, 9.17) is 4.98 Å². The highest BCUT2D eigenvalue weighted by Crippen LogP contribution is 2.27. The molecule has 0 bridgehead atoms. The summed E-state index contributed by atoms with van der Waals surface area (Å²) in [6.07, 6.45) is 4.06. The lowest BCUT2D eigenvalue weighted by Gasteiger charge is -2.16. The van der Waals surface area contributed by atoms with Gasteiger partial charge in [-0.1, -0.05) is 27.7 Å². The molecule has 0 aliphatic heterocycles. The first-order valence-electron chi connectivity index (χ1n) is 7.07. The van der Waals surface area contributed by atoms with Gasteiger partial charge in [0.05, 0.1) is 16.2 Å². The van der Waals surface area contributed by atoms with Gasteiger partial charge in [-0.05, 0) is 13.0 Å². The van der Waals surface area contributed by atoms with Crippen LogP contribution in [0.2, 0.25) is 0 Å². The molecule has 20 heavy (non-hydrogen) atoms. The quantitative estimate of drug-likeness (QED) is 0.870. The van der Waals surface area contributed by atoms with E-state index in [-0.39, 0.29) is 5.41 Å². The summed E-state index contributed by atoms with van der Waals surface area (Å²) in [4.78, 5) is 10.3. The van der Waals surface area contributed by atoms with Gasteiger partial charge in [-0.25, -0.2) is 4.98 Å². The van der Waals surface area contributed by atoms with Crippen LogP contribution in [0.25, 0.3) is 0 Å². The van der Waals surface area contributed by atoms with E-state index < -0.39 is 0 Å². The van der Waals surface area contributed by atoms with Crippen LogP contribution in [0.15, 0.2) is 17.1 Å². The van der Waals surface area contributed by atoms with Gasteiger partial charge in [0.25, 0.3) is 0 Å². The van der Waals surface area contributed by atoms with Gasteiger partial charge in [0.1, 0.15) is 0 Å². The van der Waals surface area contributed by atoms with Crippen LogP contribution in [0.5, 0.6) is 0 Å². The number of aromatic nitrogens is 2. The van der Waals surface area contributed by atoms with Gasteiger partial charge < -0.3 is 5.32 Å². The third kappa shape index (κ3) is 4.11. The van der Waals surface area contributed by atoms with Crippen molar-refractivity contribution in [2.45, 2.75) is 52.0 Å². The first-order valence-corrected chi connectivity index (χ1v) is 8.83. The summed E-state index contributed by atoms with van der Waals surface area (Å²) < 4.78 is 0. The lowest BCUT2D eigenvalue weighted by molar-refractivity contribution is 0.529. The zero-order valence-electron chi connectivity index (χ0n) is 12.6. The largest absolute Gasteiger partial charge is 0.309 e. The van der Waals surface area contributed by atoms with Crippen LogP contribution in [0.4, 0.5) is 0 Å². The second-order valence-electron chi connectivity index (χ2n) is 5.99. The molecule has 5 heteroatoms. The Bertz CT molecular complexity index is 511. The maximum absolute atomic E-state index is 4.80. The number of nitrogens with one attached hydrogen (secondary N) is 1. The van der Waals surface area contributed by atoms with Crippen molar-refractivity contribution < 1.29 is 0 Å². The van der Waals surface area contributed by atoms with Crippen LogP contribution < -0.4 is 5.32 Å². The molecular weight excluding hydrogens is 286 g/mol. The summed E-state index contributed by atoms with van der Waals surface area (Å²) in [6.45, 7) is 9.85. The molecule has 2 aromatic heterocycles. The molecule has 1 atom stereocenters. The Labute approximate surface area is 129 Å². The zero-order valence-corrected chi connectivity index (χ0v) is 14.3. The molecule has 1 N–H and O–H groups in total. The molecule has 2 rings (SSSR count). The predicted molar refractivity (Wildman–Crippen MR) is 87.7 cm³/mol. The molecule has 110 valence electrons. The van der Waals surface area contributed by atoms with Gasteiger partial charge in [-0.3, -0.25) is 4.98 Å². The van der Waals surface area contributed by atoms with E-state index >= 15 is 0 Å². The molecule has 0 saturated carbocycles. The molecule has 1 unspecified atom stereocenters. The Balaban J connectivity index is 2.09. The van der Waals surface area contributed by atoms with Crippen molar-refractivity contribution in [2.24, 2.45) is 0 Å². The molecular formula is C15H23N3S2. The zero-order chi connectivity index (χ0) is 14.6. The summed E-state index contributed by atoms with van der Waals surface area (Å²) in [6, 6.07) is 0.335. The van der Waals surface area contributed by atoms with Crippen molar-refractivity contribution in [3.8, 4) is 0 Å². The third-order valence-corrected chi connectivity index (χ3v) is 4.89. The van der Waals surface area contributed by atoms with Crippen molar-refractivity contribution in [2.75, 3.05) is 6.54 Å². The van der Waals surface area contributed by atoms with E-state index in [2.05, 4.69) is 43.4 Å². The second kappa shape index (κ2) is 6.78. The standard InChI is InChI=1S/C15H23N3S2/c1-5-6-17-11(12-8-16-10-20-12)7-14-18-13(9-19-14)15(2,3)4/h8-11,17H,5-7H2,1-4H3. The van der Waals surface area contributed by atoms with Crippen molar-refractivity contribution in [3.05, 3.63) is 32.7 Å². The van der Waals surface area contributed by atoms with Gasteiger partial charge in [0, 0.05) is 34.3 Å². The number of thiazole rings is 2. The summed E-state index contributed by atoms with van der Waals surface area (Å²) in [5.74, 6) is 0. The highest BCUT2D eigenvalue weighted by atomic mass is 32.1. The highest BCUT2D eigenvalue weighted by Gasteiger charge is 2.20. The minimum atomic E-state index is 0.131. The first kappa shape index (κ1) is 15.6. The van der Waals surface area contributed by atoms with Gasteiger partial charge in [-0.2, -0.15) is 0 Å². The van der Waals surface area contributed by atoms with E-state index in [1.807, 2.05) is 11.7 Å². The molecule has 0 radical (unpaired) electrons. The second-order valence-corrected chi connectivity index (χ2v) is 7.85. The molecule has 0 amide bonds. The van der Waals surface area contributed by atoms with Crippen LogP contribution in [-0.2, 0) is 11.8 Å². The normalized spacial score (nSPS) is 13.6. The van der Waals surface area contributed by atoms with E-state index in [1.54, 1.807) is 22.7 Å². The maximum atomic E-state index is 4.80. The Morgan fingerprint density at radius 1 is 1.30 bits per heavy atom. The Morgan fingerprint density at radius 3 is 2.65 bits per heavy atom. The van der Waals surface area contributed by atoms with Gasteiger partial charge >= 0.3 is 0 Å². The van der Waals surface area contributed by atoms with Crippen molar-refractivity contribution >= 4 is 22.7 Å². The van der Waals surface area contributed by atoms with Crippen molar-refractivity contribution in [1.82, 2.24) is 15.3 Å². The van der Waals surface area contributed by atoms with Crippen LogP contribution in [-0.4, -0.2) is 16.5 Å². The van der Waals surface area contributed by atoms with Gasteiger partial charge in [-0.15, -0.1) is 22.7 Å². The van der Waals surface area contributed by atoms with E-state index in [0.717, 1.165) is 19.4 Å². The highest BCUT2D eigenvalue weighted by molar-refractivity contribution is 7.10. The maximum Gasteiger partial charge on any atom is 0.0947 e. The lowest BCUT2D eigenvalue weighted by atomic mass is 9.93. The average molecular weight is 310 g/mol. The number of nitrogens with zero attached hydrogens (tertiary/aromatic N) is 2. The Hall–Kier alpha value is -0.780. The monoisotopic (exact) mass is 309 g/mol. The fraction of sp³-hybridized carbons (Fsp3) is 0.600. The number of hydrogen-bond donors (Lipinski definition) is 1. The van der Waals surface area contributed by atoms with Crippen LogP contribution in [0.1, 0.15) is 55.7 Å². The number of hydrogen-bond acceptors (Lipinski definition) is 5. The molecule has 3 nitrogen and oxygen atoms in total. The molecule has 0 fully saturated rings. The molecule has 0 spiro atoms. The fourth-order valence-electron chi connectivity index (χ4n) is 1.91. The first-order chi connectivity index (χ1) is 9.50. The molecule has 2 aromatic rings. The number of rotatable bonds is 6. The molecule has 0 aromatic carbocycles. The van der Waals surface area contributed by atoms with Crippen LogP contribution in [0.3, 0.4) is 0 Å². The van der Waals surface area contributed by atoms with E-state index in [0.29, 0.717) is 6.04 Å². The lowest BCUT2D eigenvalue weighted by Crippen LogP contribution is -2.23. The molecule has 0 saturated heterocycles. The molecule has 0 aliphatic carbocycles. The third-order valence-electron chi connectivity index (χ3n) is 3.13. The van der Waals surface area contributed by atoms with E-state index in [9.17, 15) is 0 Å². The topological polar surface area (TPSA) is 37.8 Å². The van der Waals surface area contributed by atoms with Gasteiger partial charge in [0.15, 0.2) is 0 Å². The minimum Gasteiger partial charge on any atom is -0.309 e. The van der Waals surface area contributed by atoms with Crippen LogP contribution in [0, 0.1) is 0 Å². The van der Waals surface area contributed by atoms with E-state index in [1.165, 1.54) is 15.6 Å². The SMILES string of the molecule is CCCNC(Cc1nc(C(C)(C)C)cs1)c1cncs1. The fourth-order valence-corrected chi connectivity index (χ4v) is 3.68. The van der Waals surface area contributed by atoms with Crippen LogP contribution >= 0.6 is 22.7 Å². The smallest absolute Gasteiger partial charge is 0.0947 e. The Kier molecular flexibility index (Phi) is 5.29. The predicted octanol–water partition coefficient (Wildman–Crippen LogP) is 4.18. The van der Waals surface area contributed by atoms with Crippen molar-refractivity contribution in [1.29, 1.82) is 0 Å². The summed E-state index contributed by atoms with van der Waals surface area (Å²) in [5.41, 5.74) is 3.22.